The van der Waals surface area contributed by atoms with Gasteiger partial charge in [0, 0.05) is 26.6 Å². The third-order valence-electron chi connectivity index (χ3n) is 5.57. The van der Waals surface area contributed by atoms with Gasteiger partial charge in [0.1, 0.15) is 0 Å². The Morgan fingerprint density at radius 3 is 2.68 bits per heavy atom. The number of hydrogen-bond acceptors (Lipinski definition) is 5. The normalized spacial score (nSPS) is 33.8. The average molecular weight is 303 g/mol. The van der Waals surface area contributed by atoms with Gasteiger partial charge in [0.15, 0.2) is 11.5 Å². The van der Waals surface area contributed by atoms with E-state index < -0.39 is 6.10 Å². The summed E-state index contributed by atoms with van der Waals surface area (Å²) in [6.45, 7) is 1.87. The highest BCUT2D eigenvalue weighted by Crippen LogP contribution is 2.54. The molecule has 3 N–H and O–H groups in total. The van der Waals surface area contributed by atoms with Crippen molar-refractivity contribution in [1.82, 2.24) is 4.90 Å². The summed E-state index contributed by atoms with van der Waals surface area (Å²) in [5.41, 5.74) is 3.02. The van der Waals surface area contributed by atoms with Gasteiger partial charge in [-0.3, -0.25) is 4.90 Å². The second kappa shape index (κ2) is 4.72. The summed E-state index contributed by atoms with van der Waals surface area (Å²) in [7, 11) is 1.63. The number of ether oxygens (including phenoxy) is 1. The van der Waals surface area contributed by atoms with Gasteiger partial charge in [-0.1, -0.05) is 6.08 Å². The molecule has 1 spiro atoms. The maximum atomic E-state index is 10.2. The number of aliphatic hydroxyl groups excluding tert-OH is 1. The minimum Gasteiger partial charge on any atom is -0.504 e. The van der Waals surface area contributed by atoms with E-state index in [1.165, 1.54) is 5.57 Å². The SMILES string of the molecule is COC1CC23C(=CC1O)CCN2CCc1cc(O)c(O)cc13. The van der Waals surface area contributed by atoms with Crippen LogP contribution in [0.2, 0.25) is 0 Å². The Hall–Kier alpha value is -1.56. The fraction of sp³-hybridized carbons (Fsp3) is 0.529. The third-order valence-corrected chi connectivity index (χ3v) is 5.57. The fourth-order valence-electron chi connectivity index (χ4n) is 4.51. The molecule has 1 aromatic carbocycles. The molecule has 0 aromatic heterocycles. The van der Waals surface area contributed by atoms with Crippen molar-refractivity contribution in [3.8, 4) is 11.5 Å². The number of aliphatic hydroxyl groups is 1. The third kappa shape index (κ3) is 1.70. The molecule has 3 atom stereocenters. The molecule has 0 amide bonds. The van der Waals surface area contributed by atoms with E-state index in [2.05, 4.69) is 4.90 Å². The summed E-state index contributed by atoms with van der Waals surface area (Å²) in [5, 5.41) is 30.0. The molecule has 4 rings (SSSR count). The molecule has 3 aliphatic rings. The van der Waals surface area contributed by atoms with E-state index >= 15 is 0 Å². The number of phenolic OH excluding ortho intramolecular Hbond substituents is 2. The van der Waals surface area contributed by atoms with E-state index in [1.54, 1.807) is 19.2 Å². The van der Waals surface area contributed by atoms with Crippen LogP contribution in [0, 0.1) is 0 Å². The highest BCUT2D eigenvalue weighted by atomic mass is 16.5. The van der Waals surface area contributed by atoms with Crippen molar-refractivity contribution in [2.75, 3.05) is 20.2 Å². The number of benzene rings is 1. The van der Waals surface area contributed by atoms with Crippen LogP contribution in [0.4, 0.5) is 0 Å². The highest BCUT2D eigenvalue weighted by molar-refractivity contribution is 5.54. The second-order valence-corrected chi connectivity index (χ2v) is 6.51. The maximum absolute atomic E-state index is 10.2. The lowest BCUT2D eigenvalue weighted by molar-refractivity contribution is -0.0345. The molecular formula is C17H21NO4. The summed E-state index contributed by atoms with van der Waals surface area (Å²) in [5.74, 6) is -0.146. The van der Waals surface area contributed by atoms with Crippen molar-refractivity contribution in [2.45, 2.75) is 37.0 Å². The minimum absolute atomic E-state index is 0.0636. The Labute approximate surface area is 129 Å². The average Bonchev–Trinajstić information content (AvgIpc) is 2.87. The number of nitrogens with zero attached hydrogens (tertiary/aromatic N) is 1. The molecule has 0 radical (unpaired) electrons. The quantitative estimate of drug-likeness (QED) is 0.538. The van der Waals surface area contributed by atoms with Gasteiger partial charge >= 0.3 is 0 Å². The topological polar surface area (TPSA) is 73.2 Å². The van der Waals surface area contributed by atoms with Crippen molar-refractivity contribution in [2.24, 2.45) is 0 Å². The Kier molecular flexibility index (Phi) is 3.01. The first-order valence-electron chi connectivity index (χ1n) is 7.78. The fourth-order valence-corrected chi connectivity index (χ4v) is 4.51. The van der Waals surface area contributed by atoms with E-state index in [0.717, 1.165) is 37.1 Å². The standard InChI is InChI=1S/C17H21NO4/c1-22-16-9-17-11(7-15(16)21)3-5-18(17)4-2-10-6-13(19)14(20)8-12(10)17/h6-8,15-16,19-21H,2-5,9H2,1H3. The lowest BCUT2D eigenvalue weighted by Gasteiger charge is -2.49. The number of fused-ring (bicyclic) bond motifs is 1. The smallest absolute Gasteiger partial charge is 0.157 e. The Morgan fingerprint density at radius 1 is 1.18 bits per heavy atom. The van der Waals surface area contributed by atoms with Gasteiger partial charge in [-0.25, -0.2) is 0 Å². The van der Waals surface area contributed by atoms with Crippen LogP contribution >= 0.6 is 0 Å². The molecule has 1 saturated heterocycles. The van der Waals surface area contributed by atoms with Crippen molar-refractivity contribution >= 4 is 0 Å². The summed E-state index contributed by atoms with van der Waals surface area (Å²) < 4.78 is 5.49. The Balaban J connectivity index is 1.93. The minimum atomic E-state index is -0.582. The predicted molar refractivity (Wildman–Crippen MR) is 80.8 cm³/mol. The molecule has 5 nitrogen and oxygen atoms in total. The number of phenols is 2. The maximum Gasteiger partial charge on any atom is 0.157 e. The zero-order chi connectivity index (χ0) is 15.5. The van der Waals surface area contributed by atoms with E-state index in [-0.39, 0.29) is 23.1 Å². The molecule has 118 valence electrons. The second-order valence-electron chi connectivity index (χ2n) is 6.51. The van der Waals surface area contributed by atoms with E-state index in [4.69, 9.17) is 4.74 Å². The van der Waals surface area contributed by atoms with Crippen LogP contribution in [0.1, 0.15) is 24.0 Å². The number of rotatable bonds is 1. The van der Waals surface area contributed by atoms with Crippen molar-refractivity contribution in [1.29, 1.82) is 0 Å². The lowest BCUT2D eigenvalue weighted by Crippen LogP contribution is -2.52. The summed E-state index contributed by atoms with van der Waals surface area (Å²) >= 11 is 0. The molecule has 1 aliphatic carbocycles. The first kappa shape index (κ1) is 14.1. The van der Waals surface area contributed by atoms with Gasteiger partial charge in [0.25, 0.3) is 0 Å². The van der Waals surface area contributed by atoms with Crippen LogP contribution in [0.3, 0.4) is 0 Å². The number of aromatic hydroxyl groups is 2. The molecular weight excluding hydrogens is 282 g/mol. The zero-order valence-electron chi connectivity index (χ0n) is 12.6. The molecule has 3 unspecified atom stereocenters. The highest BCUT2D eigenvalue weighted by Gasteiger charge is 2.53. The van der Waals surface area contributed by atoms with Gasteiger partial charge in [0.05, 0.1) is 17.7 Å². The van der Waals surface area contributed by atoms with Crippen LogP contribution in [0.25, 0.3) is 0 Å². The number of hydrogen-bond donors (Lipinski definition) is 3. The van der Waals surface area contributed by atoms with Crippen molar-refractivity contribution in [3.05, 3.63) is 34.9 Å². The van der Waals surface area contributed by atoms with E-state index in [1.807, 2.05) is 6.08 Å². The molecule has 0 bridgehead atoms. The molecule has 2 aliphatic heterocycles. The number of methoxy groups -OCH3 is 1. The van der Waals surface area contributed by atoms with Gasteiger partial charge < -0.3 is 20.1 Å². The predicted octanol–water partition coefficient (Wildman–Crippen LogP) is 1.26. The first-order chi connectivity index (χ1) is 10.6. The Morgan fingerprint density at radius 2 is 1.91 bits per heavy atom. The van der Waals surface area contributed by atoms with Crippen LogP contribution in [0.5, 0.6) is 11.5 Å². The summed E-state index contributed by atoms with van der Waals surface area (Å²) in [6.07, 6.45) is 3.55. The van der Waals surface area contributed by atoms with Crippen LogP contribution < -0.4 is 0 Å². The molecule has 22 heavy (non-hydrogen) atoms. The van der Waals surface area contributed by atoms with Crippen molar-refractivity contribution < 1.29 is 20.1 Å². The van der Waals surface area contributed by atoms with Gasteiger partial charge in [-0.15, -0.1) is 0 Å². The van der Waals surface area contributed by atoms with Gasteiger partial charge in [0.2, 0.25) is 0 Å². The monoisotopic (exact) mass is 303 g/mol. The zero-order valence-corrected chi connectivity index (χ0v) is 12.6. The van der Waals surface area contributed by atoms with Crippen molar-refractivity contribution in [3.63, 3.8) is 0 Å². The molecule has 5 heteroatoms. The van der Waals surface area contributed by atoms with E-state index in [0.29, 0.717) is 6.42 Å². The Bertz CT molecular complexity index is 656. The first-order valence-corrected chi connectivity index (χ1v) is 7.78. The van der Waals surface area contributed by atoms with Crippen LogP contribution in [-0.2, 0) is 16.7 Å². The molecule has 1 fully saturated rings. The van der Waals surface area contributed by atoms with Crippen LogP contribution in [0.15, 0.2) is 23.8 Å². The van der Waals surface area contributed by atoms with E-state index in [9.17, 15) is 15.3 Å². The molecule has 2 heterocycles. The summed E-state index contributed by atoms with van der Waals surface area (Å²) in [6, 6.07) is 3.37. The molecule has 0 saturated carbocycles. The lowest BCUT2D eigenvalue weighted by atomic mass is 9.70. The largest absolute Gasteiger partial charge is 0.504 e. The van der Waals surface area contributed by atoms with Gasteiger partial charge in [-0.05, 0) is 41.7 Å². The summed E-state index contributed by atoms with van der Waals surface area (Å²) in [4.78, 5) is 2.43. The van der Waals surface area contributed by atoms with Crippen LogP contribution in [-0.4, -0.2) is 52.6 Å². The van der Waals surface area contributed by atoms with Gasteiger partial charge in [-0.2, -0.15) is 0 Å². The molecule has 1 aromatic rings.